The number of hydrogen-bond donors (Lipinski definition) is 0. The highest BCUT2D eigenvalue weighted by atomic mass is 16.1. The Bertz CT molecular complexity index is 244. The number of carbonyl (C=O) groups is 1. The molecule has 0 heterocycles. The first-order chi connectivity index (χ1) is 7.11. The molecular formula is C14H24O. The third kappa shape index (κ3) is 1.98. The van der Waals surface area contributed by atoms with E-state index in [-0.39, 0.29) is 0 Å². The first-order valence-electron chi connectivity index (χ1n) is 6.64. The maximum Gasteiger partial charge on any atom is 0.136 e. The standard InChI is InChI=1S/C14H24O/c1-9(2)11-7-8-13(15)14-10(3)5-4-6-12(11)14/h9-12,14H,4-8H2,1-3H3/t10-,11+,12-,14-/m0/s1. The van der Waals surface area contributed by atoms with E-state index in [0.717, 1.165) is 30.6 Å². The zero-order chi connectivity index (χ0) is 11.0. The fourth-order valence-electron chi connectivity index (χ4n) is 4.01. The van der Waals surface area contributed by atoms with Crippen molar-refractivity contribution in [2.45, 2.75) is 52.9 Å². The SMILES string of the molecule is CC(C)[C@H]1CCC(=O)[C@@H]2[C@H]1CCC[C@@H]2C. The molecule has 0 unspecified atom stereocenters. The lowest BCUT2D eigenvalue weighted by Gasteiger charge is -2.45. The minimum Gasteiger partial charge on any atom is -0.299 e. The van der Waals surface area contributed by atoms with E-state index in [9.17, 15) is 4.79 Å². The van der Waals surface area contributed by atoms with Crippen LogP contribution in [-0.2, 0) is 4.79 Å². The Kier molecular flexibility index (Phi) is 3.18. The van der Waals surface area contributed by atoms with Gasteiger partial charge < -0.3 is 0 Å². The highest BCUT2D eigenvalue weighted by Gasteiger charge is 2.43. The summed E-state index contributed by atoms with van der Waals surface area (Å²) in [5, 5.41) is 0. The normalized spacial score (nSPS) is 41.7. The smallest absolute Gasteiger partial charge is 0.136 e. The van der Waals surface area contributed by atoms with Crippen molar-refractivity contribution >= 4 is 5.78 Å². The second-order valence-corrected chi connectivity index (χ2v) is 6.01. The molecule has 1 nitrogen and oxygen atoms in total. The molecule has 2 aliphatic carbocycles. The van der Waals surface area contributed by atoms with Crippen molar-refractivity contribution < 1.29 is 4.79 Å². The molecule has 2 rings (SSSR count). The largest absolute Gasteiger partial charge is 0.299 e. The number of hydrogen-bond acceptors (Lipinski definition) is 1. The van der Waals surface area contributed by atoms with Gasteiger partial charge in [-0.3, -0.25) is 4.79 Å². The highest BCUT2D eigenvalue weighted by Crippen LogP contribution is 2.47. The Morgan fingerprint density at radius 2 is 1.93 bits per heavy atom. The molecular weight excluding hydrogens is 184 g/mol. The summed E-state index contributed by atoms with van der Waals surface area (Å²) in [6.07, 6.45) is 5.94. The zero-order valence-corrected chi connectivity index (χ0v) is 10.3. The van der Waals surface area contributed by atoms with Crippen LogP contribution in [0.1, 0.15) is 52.9 Å². The average Bonchev–Trinajstić information content (AvgIpc) is 2.17. The minimum atomic E-state index is 0.417. The van der Waals surface area contributed by atoms with Crippen LogP contribution in [0, 0.1) is 29.6 Å². The topological polar surface area (TPSA) is 17.1 Å². The molecule has 4 atom stereocenters. The molecule has 0 radical (unpaired) electrons. The summed E-state index contributed by atoms with van der Waals surface area (Å²) in [5.41, 5.74) is 0. The monoisotopic (exact) mass is 208 g/mol. The quantitative estimate of drug-likeness (QED) is 0.642. The van der Waals surface area contributed by atoms with Gasteiger partial charge in [0.1, 0.15) is 5.78 Å². The van der Waals surface area contributed by atoms with Gasteiger partial charge in [-0.2, -0.15) is 0 Å². The highest BCUT2D eigenvalue weighted by molar-refractivity contribution is 5.82. The Labute approximate surface area is 93.6 Å². The molecule has 0 amide bonds. The van der Waals surface area contributed by atoms with E-state index in [4.69, 9.17) is 0 Å². The van der Waals surface area contributed by atoms with E-state index in [0.29, 0.717) is 17.6 Å². The molecule has 0 aromatic rings. The third-order valence-corrected chi connectivity index (χ3v) is 4.77. The number of carbonyl (C=O) groups excluding carboxylic acids is 1. The molecule has 0 saturated heterocycles. The maximum absolute atomic E-state index is 12.0. The van der Waals surface area contributed by atoms with Gasteiger partial charge in [0.05, 0.1) is 0 Å². The van der Waals surface area contributed by atoms with Gasteiger partial charge in [0.15, 0.2) is 0 Å². The van der Waals surface area contributed by atoms with E-state index in [2.05, 4.69) is 20.8 Å². The lowest BCUT2D eigenvalue weighted by atomic mass is 9.59. The molecule has 0 aliphatic heterocycles. The van der Waals surface area contributed by atoms with Gasteiger partial charge in [-0.15, -0.1) is 0 Å². The molecule has 0 spiro atoms. The Hall–Kier alpha value is -0.330. The van der Waals surface area contributed by atoms with Gasteiger partial charge in [-0.25, -0.2) is 0 Å². The average molecular weight is 208 g/mol. The second kappa shape index (κ2) is 4.27. The van der Waals surface area contributed by atoms with Crippen LogP contribution in [0.25, 0.3) is 0 Å². The van der Waals surface area contributed by atoms with Crippen molar-refractivity contribution in [1.29, 1.82) is 0 Å². The maximum atomic E-state index is 12.0. The van der Waals surface area contributed by atoms with Crippen LogP contribution in [-0.4, -0.2) is 5.78 Å². The fraction of sp³-hybridized carbons (Fsp3) is 0.929. The summed E-state index contributed by atoms with van der Waals surface area (Å²) in [5.74, 6) is 3.93. The van der Waals surface area contributed by atoms with Crippen LogP contribution in [0.4, 0.5) is 0 Å². The first kappa shape index (κ1) is 11.2. The lowest BCUT2D eigenvalue weighted by molar-refractivity contribution is -0.133. The van der Waals surface area contributed by atoms with Gasteiger partial charge in [-0.1, -0.05) is 27.2 Å². The van der Waals surface area contributed by atoms with Gasteiger partial charge in [0, 0.05) is 12.3 Å². The Morgan fingerprint density at radius 1 is 1.20 bits per heavy atom. The van der Waals surface area contributed by atoms with Crippen LogP contribution in [0.2, 0.25) is 0 Å². The molecule has 0 aromatic carbocycles. The summed E-state index contributed by atoms with van der Waals surface area (Å²) in [7, 11) is 0. The summed E-state index contributed by atoms with van der Waals surface area (Å²) >= 11 is 0. The van der Waals surface area contributed by atoms with Gasteiger partial charge >= 0.3 is 0 Å². The predicted molar refractivity (Wildman–Crippen MR) is 62.6 cm³/mol. The van der Waals surface area contributed by atoms with Crippen LogP contribution in [0.5, 0.6) is 0 Å². The molecule has 2 aliphatic rings. The fourth-order valence-corrected chi connectivity index (χ4v) is 4.01. The van der Waals surface area contributed by atoms with Crippen molar-refractivity contribution in [3.05, 3.63) is 0 Å². The van der Waals surface area contributed by atoms with E-state index < -0.39 is 0 Å². The van der Waals surface area contributed by atoms with Crippen molar-refractivity contribution in [2.24, 2.45) is 29.6 Å². The molecule has 0 N–H and O–H groups in total. The molecule has 0 aromatic heterocycles. The number of fused-ring (bicyclic) bond motifs is 1. The number of ketones is 1. The molecule has 1 heteroatoms. The van der Waals surface area contributed by atoms with Gasteiger partial charge in [0.25, 0.3) is 0 Å². The lowest BCUT2D eigenvalue weighted by Crippen LogP contribution is -2.42. The molecule has 2 fully saturated rings. The number of Topliss-reactive ketones (excluding diaryl/α,β-unsaturated/α-hetero) is 1. The van der Waals surface area contributed by atoms with E-state index in [1.54, 1.807) is 0 Å². The van der Waals surface area contributed by atoms with E-state index in [1.165, 1.54) is 19.3 Å². The molecule has 86 valence electrons. The Morgan fingerprint density at radius 3 is 2.60 bits per heavy atom. The molecule has 0 bridgehead atoms. The third-order valence-electron chi connectivity index (χ3n) is 4.77. The predicted octanol–water partition coefficient (Wildman–Crippen LogP) is 3.67. The summed E-state index contributed by atoms with van der Waals surface area (Å²) in [4.78, 5) is 12.0. The molecule has 2 saturated carbocycles. The van der Waals surface area contributed by atoms with Crippen molar-refractivity contribution in [1.82, 2.24) is 0 Å². The zero-order valence-electron chi connectivity index (χ0n) is 10.3. The van der Waals surface area contributed by atoms with Gasteiger partial charge in [0.2, 0.25) is 0 Å². The van der Waals surface area contributed by atoms with Crippen LogP contribution >= 0.6 is 0 Å². The molecule has 15 heavy (non-hydrogen) atoms. The van der Waals surface area contributed by atoms with E-state index in [1.807, 2.05) is 0 Å². The number of rotatable bonds is 1. The van der Waals surface area contributed by atoms with Crippen molar-refractivity contribution in [3.63, 3.8) is 0 Å². The Balaban J connectivity index is 2.18. The van der Waals surface area contributed by atoms with E-state index >= 15 is 0 Å². The van der Waals surface area contributed by atoms with Crippen molar-refractivity contribution in [3.8, 4) is 0 Å². The summed E-state index contributed by atoms with van der Waals surface area (Å²) < 4.78 is 0. The second-order valence-electron chi connectivity index (χ2n) is 6.01. The minimum absolute atomic E-state index is 0.417. The first-order valence-corrected chi connectivity index (χ1v) is 6.64. The van der Waals surface area contributed by atoms with Gasteiger partial charge in [-0.05, 0) is 42.9 Å². The van der Waals surface area contributed by atoms with Crippen LogP contribution in [0.3, 0.4) is 0 Å². The van der Waals surface area contributed by atoms with Crippen LogP contribution < -0.4 is 0 Å². The summed E-state index contributed by atoms with van der Waals surface area (Å²) in [6, 6.07) is 0. The van der Waals surface area contributed by atoms with Crippen LogP contribution in [0.15, 0.2) is 0 Å². The summed E-state index contributed by atoms with van der Waals surface area (Å²) in [6.45, 7) is 6.95. The van der Waals surface area contributed by atoms with Crippen molar-refractivity contribution in [2.75, 3.05) is 0 Å².